The molecule has 2 aromatic rings. The van der Waals surface area contributed by atoms with Crippen LogP contribution in [0.5, 0.6) is 17.2 Å². The maximum absolute atomic E-state index is 6.21. The van der Waals surface area contributed by atoms with E-state index in [1.807, 2.05) is 43.3 Å². The Hall–Kier alpha value is -1.75. The molecule has 0 aliphatic carbocycles. The molecule has 0 fully saturated rings. The summed E-state index contributed by atoms with van der Waals surface area (Å²) in [5.41, 5.74) is 2.39. The highest BCUT2D eigenvalue weighted by atomic mass is 35.6. The van der Waals surface area contributed by atoms with Gasteiger partial charge in [0.25, 0.3) is 0 Å². The van der Waals surface area contributed by atoms with E-state index in [2.05, 4.69) is 0 Å². The van der Waals surface area contributed by atoms with Crippen molar-refractivity contribution in [1.82, 2.24) is 0 Å². The molecule has 2 aromatic carbocycles. The lowest BCUT2D eigenvalue weighted by atomic mass is 9.97. The summed E-state index contributed by atoms with van der Waals surface area (Å²) in [5.74, 6) is 2.50. The summed E-state index contributed by atoms with van der Waals surface area (Å²) >= 11 is 18.6. The molecule has 1 heterocycles. The van der Waals surface area contributed by atoms with Gasteiger partial charge in [0.15, 0.2) is 17.6 Å². The standard InChI is InChI=1S/C20H19Cl3O4/c1-4-26-14-7-5-12(6-8-14)16-9-13-10-17(24-2)18(25-3)11-15(13)19(27-16)20(21,22)23/h5-11,19H,4H2,1-3H3/t19-/m0/s1. The number of benzene rings is 2. The van der Waals surface area contributed by atoms with E-state index in [0.29, 0.717) is 29.4 Å². The van der Waals surface area contributed by atoms with Crippen LogP contribution in [-0.4, -0.2) is 24.6 Å². The third-order valence-corrected chi connectivity index (χ3v) is 4.74. The molecule has 0 spiro atoms. The van der Waals surface area contributed by atoms with Crippen molar-refractivity contribution in [2.45, 2.75) is 16.8 Å². The lowest BCUT2D eigenvalue weighted by Gasteiger charge is -2.32. The van der Waals surface area contributed by atoms with Gasteiger partial charge in [0.1, 0.15) is 11.5 Å². The van der Waals surface area contributed by atoms with Crippen LogP contribution in [0, 0.1) is 0 Å². The zero-order valence-corrected chi connectivity index (χ0v) is 17.4. The first-order valence-corrected chi connectivity index (χ1v) is 9.45. The number of halogens is 3. The van der Waals surface area contributed by atoms with Gasteiger partial charge in [-0.25, -0.2) is 0 Å². The Morgan fingerprint density at radius 2 is 1.63 bits per heavy atom. The summed E-state index contributed by atoms with van der Waals surface area (Å²) in [6.07, 6.45) is 1.09. The van der Waals surface area contributed by atoms with Gasteiger partial charge in [-0.15, -0.1) is 0 Å². The molecule has 3 rings (SSSR count). The van der Waals surface area contributed by atoms with Crippen molar-refractivity contribution in [3.63, 3.8) is 0 Å². The normalized spacial score (nSPS) is 16.1. The van der Waals surface area contributed by atoms with Gasteiger partial charge in [-0.3, -0.25) is 0 Å². The van der Waals surface area contributed by atoms with E-state index in [0.717, 1.165) is 16.9 Å². The second-order valence-electron chi connectivity index (χ2n) is 5.84. The fourth-order valence-electron chi connectivity index (χ4n) is 2.90. The molecule has 1 atom stereocenters. The van der Waals surface area contributed by atoms with Crippen LogP contribution in [-0.2, 0) is 4.74 Å². The van der Waals surface area contributed by atoms with E-state index < -0.39 is 9.90 Å². The van der Waals surface area contributed by atoms with Crippen LogP contribution in [0.4, 0.5) is 0 Å². The maximum atomic E-state index is 6.21. The molecule has 0 saturated heterocycles. The summed E-state index contributed by atoms with van der Waals surface area (Å²) in [5, 5.41) is 0. The van der Waals surface area contributed by atoms with E-state index >= 15 is 0 Å². The summed E-state index contributed by atoms with van der Waals surface area (Å²) in [6, 6.07) is 11.2. The Labute approximate surface area is 173 Å². The minimum absolute atomic E-state index is 0.539. The van der Waals surface area contributed by atoms with Gasteiger partial charge in [0.05, 0.1) is 20.8 Å². The van der Waals surface area contributed by atoms with Gasteiger partial charge in [-0.05, 0) is 55.0 Å². The van der Waals surface area contributed by atoms with Crippen molar-refractivity contribution in [2.24, 2.45) is 0 Å². The number of methoxy groups -OCH3 is 2. The fourth-order valence-corrected chi connectivity index (χ4v) is 3.39. The van der Waals surface area contributed by atoms with Gasteiger partial charge in [-0.2, -0.15) is 0 Å². The third-order valence-electron chi connectivity index (χ3n) is 4.15. The molecule has 0 amide bonds. The third kappa shape index (κ3) is 4.23. The lowest BCUT2D eigenvalue weighted by Crippen LogP contribution is -2.23. The van der Waals surface area contributed by atoms with Crippen LogP contribution in [0.3, 0.4) is 0 Å². The van der Waals surface area contributed by atoms with E-state index in [9.17, 15) is 0 Å². The Bertz CT molecular complexity index is 842. The Morgan fingerprint density at radius 3 is 2.19 bits per heavy atom. The minimum Gasteiger partial charge on any atom is -0.494 e. The molecule has 4 nitrogen and oxygen atoms in total. The summed E-state index contributed by atoms with van der Waals surface area (Å²) in [4.78, 5) is 0. The lowest BCUT2D eigenvalue weighted by molar-refractivity contribution is 0.170. The Kier molecular flexibility index (Phi) is 5.99. The predicted octanol–water partition coefficient (Wildman–Crippen LogP) is 6.04. The molecule has 0 saturated carbocycles. The summed E-state index contributed by atoms with van der Waals surface area (Å²) < 4.78 is 20.6. The Morgan fingerprint density at radius 1 is 1.00 bits per heavy atom. The number of alkyl halides is 3. The quantitative estimate of drug-likeness (QED) is 0.543. The molecule has 1 aliphatic rings. The second-order valence-corrected chi connectivity index (χ2v) is 8.21. The van der Waals surface area contributed by atoms with Crippen molar-refractivity contribution in [1.29, 1.82) is 0 Å². The van der Waals surface area contributed by atoms with E-state index in [4.69, 9.17) is 53.8 Å². The molecule has 0 bridgehead atoms. The predicted molar refractivity (Wildman–Crippen MR) is 109 cm³/mol. The molecular formula is C20H19Cl3O4. The number of rotatable bonds is 5. The SMILES string of the molecule is CCOc1ccc(C2=Cc3cc(OC)c(OC)cc3[C@@H](C(Cl)(Cl)Cl)O2)cc1. The molecule has 0 N–H and O–H groups in total. The fraction of sp³-hybridized carbons (Fsp3) is 0.300. The first-order valence-electron chi connectivity index (χ1n) is 8.31. The molecule has 0 radical (unpaired) electrons. The van der Waals surface area contributed by atoms with Crippen molar-refractivity contribution >= 4 is 46.6 Å². The van der Waals surface area contributed by atoms with Gasteiger partial charge in [-0.1, -0.05) is 34.8 Å². The van der Waals surface area contributed by atoms with Crippen LogP contribution in [0.2, 0.25) is 0 Å². The van der Waals surface area contributed by atoms with Gasteiger partial charge >= 0.3 is 0 Å². The monoisotopic (exact) mass is 428 g/mol. The van der Waals surface area contributed by atoms with E-state index in [1.54, 1.807) is 20.3 Å². The summed E-state index contributed by atoms with van der Waals surface area (Å²) in [7, 11) is 3.13. The number of hydrogen-bond acceptors (Lipinski definition) is 4. The van der Waals surface area contributed by atoms with Crippen LogP contribution < -0.4 is 14.2 Å². The van der Waals surface area contributed by atoms with E-state index in [1.165, 1.54) is 0 Å². The molecular weight excluding hydrogens is 411 g/mol. The molecule has 1 aliphatic heterocycles. The number of hydrogen-bond donors (Lipinski definition) is 0. The highest BCUT2D eigenvalue weighted by molar-refractivity contribution is 6.68. The minimum atomic E-state index is -1.67. The number of ether oxygens (including phenoxy) is 4. The largest absolute Gasteiger partial charge is 0.494 e. The van der Waals surface area contributed by atoms with Gasteiger partial charge < -0.3 is 18.9 Å². The average Bonchev–Trinajstić information content (AvgIpc) is 2.66. The van der Waals surface area contributed by atoms with Crippen LogP contribution in [0.25, 0.3) is 11.8 Å². The van der Waals surface area contributed by atoms with Crippen molar-refractivity contribution in [3.8, 4) is 17.2 Å². The second kappa shape index (κ2) is 8.09. The average molecular weight is 430 g/mol. The summed E-state index contributed by atoms with van der Waals surface area (Å²) in [6.45, 7) is 2.54. The van der Waals surface area contributed by atoms with E-state index in [-0.39, 0.29) is 0 Å². The first-order chi connectivity index (χ1) is 12.9. The topological polar surface area (TPSA) is 36.9 Å². The maximum Gasteiger partial charge on any atom is 0.231 e. The van der Waals surface area contributed by atoms with Crippen molar-refractivity contribution in [3.05, 3.63) is 53.1 Å². The van der Waals surface area contributed by atoms with Crippen molar-refractivity contribution < 1.29 is 18.9 Å². The smallest absolute Gasteiger partial charge is 0.231 e. The van der Waals surface area contributed by atoms with Crippen LogP contribution in [0.15, 0.2) is 36.4 Å². The molecule has 0 aromatic heterocycles. The zero-order valence-electron chi connectivity index (χ0n) is 15.1. The first kappa shape index (κ1) is 20.0. The van der Waals surface area contributed by atoms with Gasteiger partial charge in [0, 0.05) is 11.1 Å². The highest BCUT2D eigenvalue weighted by Gasteiger charge is 2.40. The molecule has 0 unspecified atom stereocenters. The Balaban J connectivity index is 2.08. The highest BCUT2D eigenvalue weighted by Crippen LogP contribution is 2.50. The number of fused-ring (bicyclic) bond motifs is 1. The molecule has 27 heavy (non-hydrogen) atoms. The van der Waals surface area contributed by atoms with Crippen LogP contribution >= 0.6 is 34.8 Å². The van der Waals surface area contributed by atoms with Crippen LogP contribution in [0.1, 0.15) is 29.7 Å². The van der Waals surface area contributed by atoms with Gasteiger partial charge in [0.2, 0.25) is 3.79 Å². The zero-order chi connectivity index (χ0) is 19.6. The van der Waals surface area contributed by atoms with Crippen molar-refractivity contribution in [2.75, 3.05) is 20.8 Å². The molecule has 144 valence electrons. The molecule has 7 heteroatoms.